The summed E-state index contributed by atoms with van der Waals surface area (Å²) in [7, 11) is 0. The molecular weight excluding hydrogens is 404 g/mol. The number of carbonyl (C=O) groups excluding carboxylic acids is 2. The number of aliphatic imine (C=N–C) groups is 1. The number of hydrogen-bond acceptors (Lipinski definition) is 4. The topological polar surface area (TPSA) is 91.8 Å². The molecule has 1 saturated heterocycles. The number of amides is 2. The zero-order valence-electron chi connectivity index (χ0n) is 17.0. The Kier molecular flexibility index (Phi) is 7.43. The first kappa shape index (κ1) is 21.8. The minimum atomic E-state index is -0.347. The van der Waals surface area contributed by atoms with Crippen LogP contribution in [0.3, 0.4) is 0 Å². The van der Waals surface area contributed by atoms with E-state index in [1.807, 2.05) is 19.1 Å². The molecule has 7 nitrogen and oxygen atoms in total. The molecule has 0 bridgehead atoms. The Bertz CT molecular complexity index is 955. The molecule has 2 aromatic rings. The molecule has 0 unspecified atom stereocenters. The van der Waals surface area contributed by atoms with Gasteiger partial charge in [0.05, 0.1) is 12.6 Å². The highest BCUT2D eigenvalue weighted by Crippen LogP contribution is 2.23. The summed E-state index contributed by atoms with van der Waals surface area (Å²) in [4.78, 5) is 28.7. The van der Waals surface area contributed by atoms with E-state index in [-0.39, 0.29) is 17.9 Å². The number of guanidine groups is 1. The van der Waals surface area contributed by atoms with Crippen molar-refractivity contribution in [1.29, 1.82) is 0 Å². The highest BCUT2D eigenvalue weighted by molar-refractivity contribution is 6.31. The van der Waals surface area contributed by atoms with Gasteiger partial charge in [-0.2, -0.15) is 0 Å². The van der Waals surface area contributed by atoms with Crippen molar-refractivity contribution in [1.82, 2.24) is 5.32 Å². The summed E-state index contributed by atoms with van der Waals surface area (Å²) in [6, 6.07) is 12.2. The average Bonchev–Trinajstić information content (AvgIpc) is 3.23. The van der Waals surface area contributed by atoms with E-state index in [1.54, 1.807) is 30.3 Å². The molecule has 1 heterocycles. The van der Waals surface area contributed by atoms with Crippen molar-refractivity contribution < 1.29 is 14.3 Å². The second kappa shape index (κ2) is 10.2. The maximum Gasteiger partial charge on any atom is 0.258 e. The van der Waals surface area contributed by atoms with Gasteiger partial charge in [0.1, 0.15) is 0 Å². The first-order valence-corrected chi connectivity index (χ1v) is 10.2. The normalized spacial score (nSPS) is 16.2. The minimum Gasteiger partial charge on any atom is -0.376 e. The van der Waals surface area contributed by atoms with Crippen molar-refractivity contribution in [2.75, 3.05) is 23.8 Å². The molecular formula is C22H25ClN4O3. The van der Waals surface area contributed by atoms with Crippen LogP contribution < -0.4 is 16.0 Å². The highest BCUT2D eigenvalue weighted by Gasteiger charge is 2.17. The summed E-state index contributed by atoms with van der Waals surface area (Å²) in [5.41, 5.74) is 2.55. The molecule has 30 heavy (non-hydrogen) atoms. The maximum absolute atomic E-state index is 12.8. The average molecular weight is 429 g/mol. The van der Waals surface area contributed by atoms with E-state index in [1.165, 1.54) is 6.92 Å². The summed E-state index contributed by atoms with van der Waals surface area (Å²) in [5, 5.41) is 9.28. The first-order valence-electron chi connectivity index (χ1n) is 9.79. The number of anilines is 2. The predicted octanol–water partition coefficient (Wildman–Crippen LogP) is 3.98. The van der Waals surface area contributed by atoms with Gasteiger partial charge >= 0.3 is 0 Å². The largest absolute Gasteiger partial charge is 0.376 e. The van der Waals surface area contributed by atoms with Crippen LogP contribution in [-0.2, 0) is 9.53 Å². The van der Waals surface area contributed by atoms with Gasteiger partial charge in [-0.1, -0.05) is 23.7 Å². The van der Waals surface area contributed by atoms with E-state index in [9.17, 15) is 9.59 Å². The molecule has 0 aliphatic carbocycles. The number of rotatable bonds is 5. The Hall–Kier alpha value is -2.90. The molecule has 1 atom stereocenters. The van der Waals surface area contributed by atoms with Crippen molar-refractivity contribution in [2.45, 2.75) is 32.8 Å². The van der Waals surface area contributed by atoms with Gasteiger partial charge in [-0.25, -0.2) is 4.99 Å². The van der Waals surface area contributed by atoms with Crippen LogP contribution in [0.5, 0.6) is 0 Å². The van der Waals surface area contributed by atoms with E-state index in [2.05, 4.69) is 20.9 Å². The molecule has 158 valence electrons. The third-order valence-electron chi connectivity index (χ3n) is 4.67. The monoisotopic (exact) mass is 428 g/mol. The fourth-order valence-electron chi connectivity index (χ4n) is 3.08. The Morgan fingerprint density at radius 2 is 2.00 bits per heavy atom. The van der Waals surface area contributed by atoms with Crippen LogP contribution >= 0.6 is 11.6 Å². The molecule has 2 amide bonds. The summed E-state index contributed by atoms with van der Waals surface area (Å²) in [5.74, 6) is -0.240. The van der Waals surface area contributed by atoms with Crippen molar-refractivity contribution in [3.8, 4) is 0 Å². The summed E-state index contributed by atoms with van der Waals surface area (Å²) < 4.78 is 5.63. The van der Waals surface area contributed by atoms with Crippen LogP contribution in [0.2, 0.25) is 5.02 Å². The van der Waals surface area contributed by atoms with Crippen molar-refractivity contribution >= 4 is 40.7 Å². The van der Waals surface area contributed by atoms with Gasteiger partial charge < -0.3 is 15.4 Å². The molecule has 1 aliphatic heterocycles. The first-order chi connectivity index (χ1) is 14.4. The smallest absolute Gasteiger partial charge is 0.258 e. The zero-order valence-corrected chi connectivity index (χ0v) is 17.8. The van der Waals surface area contributed by atoms with Crippen molar-refractivity contribution in [3.63, 3.8) is 0 Å². The quantitative estimate of drug-likeness (QED) is 0.496. The van der Waals surface area contributed by atoms with Gasteiger partial charge in [-0.15, -0.1) is 0 Å². The second-order valence-electron chi connectivity index (χ2n) is 7.08. The van der Waals surface area contributed by atoms with E-state index in [0.717, 1.165) is 30.7 Å². The van der Waals surface area contributed by atoms with Gasteiger partial charge in [0.25, 0.3) is 5.91 Å². The number of carbonyl (C=O) groups is 2. The second-order valence-corrected chi connectivity index (χ2v) is 7.49. The summed E-state index contributed by atoms with van der Waals surface area (Å²) >= 11 is 6.22. The van der Waals surface area contributed by atoms with Crippen LogP contribution in [-0.4, -0.2) is 37.0 Å². The number of benzene rings is 2. The number of ether oxygens (including phenoxy) is 1. The summed E-state index contributed by atoms with van der Waals surface area (Å²) in [6.07, 6.45) is 2.00. The lowest BCUT2D eigenvalue weighted by Gasteiger charge is -2.15. The minimum absolute atomic E-state index is 0.0438. The molecule has 8 heteroatoms. The standard InChI is InChI=1S/C22H25ClN4O3/c1-14-19(23)9-4-10-20(14)26-22(24-13-18-8-5-11-30-18)27-21(29)16-6-3-7-17(12-16)25-15(2)28/h3-4,6-7,9-10,12,18H,5,8,11,13H2,1-2H3,(H,25,28)(H2,24,26,27,29)/t18-/m1/s1. The van der Waals surface area contributed by atoms with Gasteiger partial charge in [-0.3, -0.25) is 14.9 Å². The van der Waals surface area contributed by atoms with Gasteiger partial charge in [-0.05, 0) is 55.7 Å². The van der Waals surface area contributed by atoms with Crippen LogP contribution in [0.4, 0.5) is 11.4 Å². The molecule has 0 radical (unpaired) electrons. The number of hydrogen-bond donors (Lipinski definition) is 3. The van der Waals surface area contributed by atoms with E-state index in [0.29, 0.717) is 28.8 Å². The molecule has 0 aromatic heterocycles. The molecule has 1 aliphatic rings. The molecule has 2 aromatic carbocycles. The van der Waals surface area contributed by atoms with Crippen LogP contribution in [0.25, 0.3) is 0 Å². The van der Waals surface area contributed by atoms with Gasteiger partial charge in [0, 0.05) is 35.5 Å². The Morgan fingerprint density at radius 3 is 2.73 bits per heavy atom. The lowest BCUT2D eigenvalue weighted by molar-refractivity contribution is -0.114. The zero-order chi connectivity index (χ0) is 21.5. The Labute approximate surface area is 180 Å². The lowest BCUT2D eigenvalue weighted by Crippen LogP contribution is -2.37. The fraction of sp³-hybridized carbons (Fsp3) is 0.318. The van der Waals surface area contributed by atoms with E-state index < -0.39 is 0 Å². The molecule has 1 fully saturated rings. The van der Waals surface area contributed by atoms with E-state index in [4.69, 9.17) is 16.3 Å². The Balaban J connectivity index is 1.79. The molecule has 0 spiro atoms. The predicted molar refractivity (Wildman–Crippen MR) is 119 cm³/mol. The molecule has 3 rings (SSSR count). The third-order valence-corrected chi connectivity index (χ3v) is 5.08. The Morgan fingerprint density at radius 1 is 1.20 bits per heavy atom. The highest BCUT2D eigenvalue weighted by atomic mass is 35.5. The van der Waals surface area contributed by atoms with Gasteiger partial charge in [0.15, 0.2) is 0 Å². The molecule has 3 N–H and O–H groups in total. The third kappa shape index (κ3) is 6.05. The maximum atomic E-state index is 12.8. The summed E-state index contributed by atoms with van der Waals surface area (Å²) in [6.45, 7) is 4.48. The number of halogens is 1. The van der Waals surface area contributed by atoms with Crippen LogP contribution in [0, 0.1) is 6.92 Å². The fourth-order valence-corrected chi connectivity index (χ4v) is 3.26. The van der Waals surface area contributed by atoms with Gasteiger partial charge in [0.2, 0.25) is 11.9 Å². The van der Waals surface area contributed by atoms with Crippen molar-refractivity contribution in [3.05, 3.63) is 58.6 Å². The number of nitrogens with one attached hydrogen (secondary N) is 3. The number of nitrogens with zero attached hydrogens (tertiary/aromatic N) is 1. The van der Waals surface area contributed by atoms with E-state index >= 15 is 0 Å². The van der Waals surface area contributed by atoms with Crippen molar-refractivity contribution in [2.24, 2.45) is 4.99 Å². The SMILES string of the molecule is CC(=O)Nc1cccc(C(=O)NC(=NC[C@H]2CCCO2)Nc2cccc(Cl)c2C)c1. The lowest BCUT2D eigenvalue weighted by atomic mass is 10.2. The van der Waals surface area contributed by atoms with Crippen LogP contribution in [0.15, 0.2) is 47.5 Å². The molecule has 0 saturated carbocycles. The van der Waals surface area contributed by atoms with Crippen LogP contribution in [0.1, 0.15) is 35.7 Å².